The number of carbonyl (C=O) groups excluding carboxylic acids is 2. The summed E-state index contributed by atoms with van der Waals surface area (Å²) in [5.74, 6) is -1.27. The number of amides is 1. The number of alkyl carbamates (subject to hydrolysis) is 1. The van der Waals surface area contributed by atoms with Crippen LogP contribution >= 0.6 is 0 Å². The summed E-state index contributed by atoms with van der Waals surface area (Å²) in [4.78, 5) is 24.0. The lowest BCUT2D eigenvalue weighted by Crippen LogP contribution is -2.61. The van der Waals surface area contributed by atoms with Crippen molar-refractivity contribution in [2.24, 2.45) is 0 Å². The molecule has 0 unspecified atom stereocenters. The van der Waals surface area contributed by atoms with E-state index >= 15 is 0 Å². The highest BCUT2D eigenvalue weighted by Crippen LogP contribution is 2.44. The average molecular weight is 364 g/mol. The van der Waals surface area contributed by atoms with E-state index in [9.17, 15) is 14.7 Å². The number of hydrogen-bond donors (Lipinski definition) is 1. The maximum absolute atomic E-state index is 12.4. The van der Waals surface area contributed by atoms with E-state index in [1.807, 2.05) is 36.4 Å². The Kier molecular flexibility index (Phi) is 4.60. The third kappa shape index (κ3) is 3.18. The zero-order chi connectivity index (χ0) is 18.9. The molecule has 1 saturated carbocycles. The first-order chi connectivity index (χ1) is 13.1. The summed E-state index contributed by atoms with van der Waals surface area (Å²) < 4.78 is 5.48. The van der Waals surface area contributed by atoms with E-state index in [-0.39, 0.29) is 12.5 Å². The Morgan fingerprint density at radius 3 is 2.07 bits per heavy atom. The molecule has 2 aromatic carbocycles. The molecular formula is C22H22NO4-. The maximum Gasteiger partial charge on any atom is 0.407 e. The SMILES string of the molecule is O=C(NC1(C(=O)[O-])CCCCC1)OCC1c2ccccc2-c2ccccc21. The zero-order valence-electron chi connectivity index (χ0n) is 15.1. The van der Waals surface area contributed by atoms with Crippen LogP contribution in [0.5, 0.6) is 0 Å². The van der Waals surface area contributed by atoms with Gasteiger partial charge in [-0.1, -0.05) is 67.8 Å². The van der Waals surface area contributed by atoms with Crippen molar-refractivity contribution in [3.8, 4) is 11.1 Å². The number of carboxylic acids is 1. The summed E-state index contributed by atoms with van der Waals surface area (Å²) in [6.07, 6.45) is 2.58. The van der Waals surface area contributed by atoms with Crippen LogP contribution in [0.1, 0.15) is 49.1 Å². The van der Waals surface area contributed by atoms with E-state index in [2.05, 4.69) is 17.4 Å². The molecule has 1 amide bonds. The van der Waals surface area contributed by atoms with Crippen molar-refractivity contribution in [1.29, 1.82) is 0 Å². The van der Waals surface area contributed by atoms with Gasteiger partial charge in [0.15, 0.2) is 0 Å². The van der Waals surface area contributed by atoms with Gasteiger partial charge in [-0.2, -0.15) is 0 Å². The fourth-order valence-electron chi connectivity index (χ4n) is 4.37. The minimum absolute atomic E-state index is 0.0478. The van der Waals surface area contributed by atoms with Crippen molar-refractivity contribution >= 4 is 12.1 Å². The van der Waals surface area contributed by atoms with Crippen LogP contribution in [0.15, 0.2) is 48.5 Å². The highest BCUT2D eigenvalue weighted by molar-refractivity contribution is 5.83. The van der Waals surface area contributed by atoms with Crippen LogP contribution in [-0.2, 0) is 9.53 Å². The number of aliphatic carboxylic acids is 1. The second-order valence-corrected chi connectivity index (χ2v) is 7.38. The molecule has 0 heterocycles. The number of fused-ring (bicyclic) bond motifs is 3. The average Bonchev–Trinajstić information content (AvgIpc) is 3.01. The molecule has 2 aromatic rings. The normalized spacial score (nSPS) is 17.6. The van der Waals surface area contributed by atoms with Crippen LogP contribution in [0.3, 0.4) is 0 Å². The van der Waals surface area contributed by atoms with Crippen molar-refractivity contribution in [2.45, 2.75) is 43.6 Å². The molecule has 4 rings (SSSR count). The zero-order valence-corrected chi connectivity index (χ0v) is 15.1. The smallest absolute Gasteiger partial charge is 0.407 e. The number of rotatable bonds is 4. The topological polar surface area (TPSA) is 78.5 Å². The lowest BCUT2D eigenvalue weighted by Gasteiger charge is -2.38. The quantitative estimate of drug-likeness (QED) is 0.905. The van der Waals surface area contributed by atoms with Crippen molar-refractivity contribution < 1.29 is 19.4 Å². The maximum atomic E-state index is 12.4. The number of nitrogens with one attached hydrogen (secondary N) is 1. The standard InChI is InChI=1S/C22H23NO4/c24-20(25)22(12-6-1-7-13-22)23-21(26)27-14-19-17-10-4-2-8-15(17)16-9-3-5-11-18(16)19/h2-5,8-11,19H,1,6-7,12-14H2,(H,23,26)(H,24,25)/p-1. The summed E-state index contributed by atoms with van der Waals surface area (Å²) in [5, 5.41) is 14.2. The number of carboxylic acid groups (broad SMARTS) is 1. The van der Waals surface area contributed by atoms with Gasteiger partial charge in [0, 0.05) is 5.92 Å². The van der Waals surface area contributed by atoms with E-state index in [1.54, 1.807) is 0 Å². The molecule has 5 heteroatoms. The molecule has 0 spiro atoms. The highest BCUT2D eigenvalue weighted by atomic mass is 16.5. The number of carbonyl (C=O) groups is 2. The van der Waals surface area contributed by atoms with Gasteiger partial charge in [0.25, 0.3) is 0 Å². The summed E-state index contributed by atoms with van der Waals surface area (Å²) in [6.45, 7) is 0.170. The van der Waals surface area contributed by atoms with Crippen LogP contribution in [0.25, 0.3) is 11.1 Å². The van der Waals surface area contributed by atoms with E-state index < -0.39 is 17.6 Å². The van der Waals surface area contributed by atoms with E-state index in [4.69, 9.17) is 4.74 Å². The first-order valence-electron chi connectivity index (χ1n) is 9.45. The van der Waals surface area contributed by atoms with Gasteiger partial charge in [-0.25, -0.2) is 4.79 Å². The first-order valence-corrected chi connectivity index (χ1v) is 9.45. The summed E-state index contributed by atoms with van der Waals surface area (Å²) in [6, 6.07) is 16.2. The van der Waals surface area contributed by atoms with Crippen LogP contribution in [0.2, 0.25) is 0 Å². The number of benzene rings is 2. The fraction of sp³-hybridized carbons (Fsp3) is 0.364. The molecular weight excluding hydrogens is 342 g/mol. The van der Waals surface area contributed by atoms with Crippen molar-refractivity contribution in [3.63, 3.8) is 0 Å². The van der Waals surface area contributed by atoms with E-state index in [0.29, 0.717) is 12.8 Å². The molecule has 140 valence electrons. The van der Waals surface area contributed by atoms with Gasteiger partial charge in [-0.3, -0.25) is 0 Å². The predicted octanol–water partition coefficient (Wildman–Crippen LogP) is 2.98. The second-order valence-electron chi connectivity index (χ2n) is 7.38. The summed E-state index contributed by atoms with van der Waals surface area (Å²) in [5.41, 5.74) is 3.25. The Morgan fingerprint density at radius 2 is 1.52 bits per heavy atom. The lowest BCUT2D eigenvalue weighted by molar-refractivity contribution is -0.315. The Hall–Kier alpha value is -2.82. The first kappa shape index (κ1) is 17.6. The molecule has 1 fully saturated rings. The minimum atomic E-state index is -1.30. The molecule has 0 aromatic heterocycles. The van der Waals surface area contributed by atoms with Crippen molar-refractivity contribution in [3.05, 3.63) is 59.7 Å². The van der Waals surface area contributed by atoms with E-state index in [0.717, 1.165) is 41.5 Å². The molecule has 1 N–H and O–H groups in total. The van der Waals surface area contributed by atoms with Crippen molar-refractivity contribution in [2.75, 3.05) is 6.61 Å². The second kappa shape index (κ2) is 7.06. The Morgan fingerprint density at radius 1 is 0.963 bits per heavy atom. The molecule has 0 radical (unpaired) electrons. The Labute approximate surface area is 158 Å². The third-order valence-corrected chi connectivity index (χ3v) is 5.78. The number of ether oxygens (including phenoxy) is 1. The monoisotopic (exact) mass is 364 g/mol. The van der Waals surface area contributed by atoms with Crippen LogP contribution in [0.4, 0.5) is 4.79 Å². The Balaban J connectivity index is 1.49. The van der Waals surface area contributed by atoms with Crippen molar-refractivity contribution in [1.82, 2.24) is 5.32 Å². The predicted molar refractivity (Wildman–Crippen MR) is 99.0 cm³/mol. The molecule has 0 saturated heterocycles. The molecule has 5 nitrogen and oxygen atoms in total. The van der Waals surface area contributed by atoms with Crippen LogP contribution in [0, 0.1) is 0 Å². The molecule has 2 aliphatic carbocycles. The summed E-state index contributed by atoms with van der Waals surface area (Å²) >= 11 is 0. The number of hydrogen-bond acceptors (Lipinski definition) is 4. The lowest BCUT2D eigenvalue weighted by atomic mass is 9.82. The Bertz CT molecular complexity index is 825. The van der Waals surface area contributed by atoms with Gasteiger partial charge in [0.1, 0.15) is 6.61 Å². The van der Waals surface area contributed by atoms with Gasteiger partial charge >= 0.3 is 6.09 Å². The summed E-state index contributed by atoms with van der Waals surface area (Å²) in [7, 11) is 0. The van der Waals surface area contributed by atoms with Crippen LogP contribution < -0.4 is 10.4 Å². The molecule has 0 bridgehead atoms. The van der Waals surface area contributed by atoms with Gasteiger partial charge in [0.05, 0.1) is 11.5 Å². The van der Waals surface area contributed by atoms with Crippen LogP contribution in [-0.4, -0.2) is 24.2 Å². The van der Waals surface area contributed by atoms with E-state index in [1.165, 1.54) is 0 Å². The van der Waals surface area contributed by atoms with Gasteiger partial charge in [-0.15, -0.1) is 0 Å². The largest absolute Gasteiger partial charge is 0.548 e. The van der Waals surface area contributed by atoms with Gasteiger partial charge in [0.2, 0.25) is 0 Å². The molecule has 2 aliphatic rings. The molecule has 27 heavy (non-hydrogen) atoms. The molecule has 0 atom stereocenters. The third-order valence-electron chi connectivity index (χ3n) is 5.78. The van der Waals surface area contributed by atoms with Gasteiger partial charge in [-0.05, 0) is 35.1 Å². The minimum Gasteiger partial charge on any atom is -0.548 e. The highest BCUT2D eigenvalue weighted by Gasteiger charge is 2.36. The fourth-order valence-corrected chi connectivity index (χ4v) is 4.37. The van der Waals surface area contributed by atoms with Gasteiger partial charge < -0.3 is 20.0 Å². The molecule has 0 aliphatic heterocycles.